The number of rotatable bonds is 5. The van der Waals surface area contributed by atoms with E-state index in [1.54, 1.807) is 53.4 Å². The third-order valence-corrected chi connectivity index (χ3v) is 5.63. The highest BCUT2D eigenvalue weighted by Gasteiger charge is 2.28. The average molecular weight is 420 g/mol. The van der Waals surface area contributed by atoms with Crippen molar-refractivity contribution in [1.29, 1.82) is 0 Å². The summed E-state index contributed by atoms with van der Waals surface area (Å²) in [5, 5.41) is 0. The van der Waals surface area contributed by atoms with Crippen molar-refractivity contribution in [3.8, 4) is 0 Å². The standard InChI is InChI=1S/C25H22F2N2O2/c26-22-9-5-19(6-10-22)24(20-7-11-23(27)12-8-20)28-13-15-29(16-14-28)25(31)21-3-1-18(17-30)2-4-21/h1-12,17,24H,13-16H2. The van der Waals surface area contributed by atoms with E-state index >= 15 is 0 Å². The topological polar surface area (TPSA) is 40.6 Å². The third-order valence-electron chi connectivity index (χ3n) is 5.63. The van der Waals surface area contributed by atoms with E-state index in [1.807, 2.05) is 0 Å². The maximum absolute atomic E-state index is 13.5. The number of halogens is 2. The fourth-order valence-corrected chi connectivity index (χ4v) is 3.97. The zero-order chi connectivity index (χ0) is 21.8. The first kappa shape index (κ1) is 20.9. The van der Waals surface area contributed by atoms with Crippen LogP contribution in [0.25, 0.3) is 0 Å². The van der Waals surface area contributed by atoms with E-state index in [0.29, 0.717) is 37.3 Å². The molecular formula is C25H22F2N2O2. The van der Waals surface area contributed by atoms with Crippen molar-refractivity contribution < 1.29 is 18.4 Å². The maximum Gasteiger partial charge on any atom is 0.253 e. The number of hydrogen-bond donors (Lipinski definition) is 0. The molecule has 1 fully saturated rings. The van der Waals surface area contributed by atoms with Gasteiger partial charge in [0.05, 0.1) is 6.04 Å². The largest absolute Gasteiger partial charge is 0.336 e. The third kappa shape index (κ3) is 4.70. The Morgan fingerprint density at radius 1 is 0.742 bits per heavy atom. The lowest BCUT2D eigenvalue weighted by molar-refractivity contribution is 0.0597. The summed E-state index contributed by atoms with van der Waals surface area (Å²) in [7, 11) is 0. The molecular weight excluding hydrogens is 398 g/mol. The highest BCUT2D eigenvalue weighted by molar-refractivity contribution is 5.95. The second-order valence-corrected chi connectivity index (χ2v) is 7.57. The van der Waals surface area contributed by atoms with E-state index in [0.717, 1.165) is 17.4 Å². The molecule has 0 N–H and O–H groups in total. The smallest absolute Gasteiger partial charge is 0.253 e. The minimum Gasteiger partial charge on any atom is -0.336 e. The first-order valence-corrected chi connectivity index (χ1v) is 10.1. The predicted molar refractivity (Wildman–Crippen MR) is 114 cm³/mol. The summed E-state index contributed by atoms with van der Waals surface area (Å²) in [5.41, 5.74) is 2.91. The Morgan fingerprint density at radius 3 is 1.68 bits per heavy atom. The van der Waals surface area contributed by atoms with Crippen LogP contribution in [-0.2, 0) is 0 Å². The van der Waals surface area contributed by atoms with Gasteiger partial charge in [0, 0.05) is 37.3 Å². The zero-order valence-corrected chi connectivity index (χ0v) is 16.9. The van der Waals surface area contributed by atoms with Crippen LogP contribution in [-0.4, -0.2) is 48.2 Å². The summed E-state index contributed by atoms with van der Waals surface area (Å²) < 4.78 is 26.9. The average Bonchev–Trinajstić information content (AvgIpc) is 2.82. The maximum atomic E-state index is 13.5. The molecule has 0 saturated carbocycles. The summed E-state index contributed by atoms with van der Waals surface area (Å²) in [6.45, 7) is 2.31. The van der Waals surface area contributed by atoms with Gasteiger partial charge < -0.3 is 4.90 Å². The van der Waals surface area contributed by atoms with Crippen LogP contribution in [0.4, 0.5) is 8.78 Å². The van der Waals surface area contributed by atoms with Crippen molar-refractivity contribution in [3.63, 3.8) is 0 Å². The van der Waals surface area contributed by atoms with E-state index in [9.17, 15) is 18.4 Å². The second kappa shape index (κ2) is 9.18. The van der Waals surface area contributed by atoms with Gasteiger partial charge in [-0.3, -0.25) is 14.5 Å². The Hall–Kier alpha value is -3.38. The summed E-state index contributed by atoms with van der Waals surface area (Å²) in [5.74, 6) is -0.688. The van der Waals surface area contributed by atoms with Crippen LogP contribution in [0.5, 0.6) is 0 Å². The van der Waals surface area contributed by atoms with Crippen LogP contribution in [0.3, 0.4) is 0 Å². The number of benzene rings is 3. The van der Waals surface area contributed by atoms with Crippen LogP contribution in [0.1, 0.15) is 37.9 Å². The molecule has 3 aromatic carbocycles. The molecule has 1 aliphatic heterocycles. The number of amides is 1. The van der Waals surface area contributed by atoms with Gasteiger partial charge in [-0.15, -0.1) is 0 Å². The Balaban J connectivity index is 1.51. The first-order chi connectivity index (χ1) is 15.0. The molecule has 6 heteroatoms. The van der Waals surface area contributed by atoms with Gasteiger partial charge >= 0.3 is 0 Å². The molecule has 4 rings (SSSR count). The molecule has 1 heterocycles. The van der Waals surface area contributed by atoms with Crippen molar-refractivity contribution in [2.75, 3.05) is 26.2 Å². The Labute approximate surface area is 179 Å². The molecule has 1 saturated heterocycles. The minimum absolute atomic E-state index is 0.0720. The van der Waals surface area contributed by atoms with Gasteiger partial charge in [0.2, 0.25) is 0 Å². The lowest BCUT2D eigenvalue weighted by Gasteiger charge is -2.39. The highest BCUT2D eigenvalue weighted by Crippen LogP contribution is 2.30. The van der Waals surface area contributed by atoms with Crippen LogP contribution in [0.2, 0.25) is 0 Å². The fraction of sp³-hybridized carbons (Fsp3) is 0.200. The fourth-order valence-electron chi connectivity index (χ4n) is 3.97. The highest BCUT2D eigenvalue weighted by atomic mass is 19.1. The van der Waals surface area contributed by atoms with Crippen molar-refractivity contribution >= 4 is 12.2 Å². The minimum atomic E-state index is -0.308. The van der Waals surface area contributed by atoms with Crippen LogP contribution in [0.15, 0.2) is 72.8 Å². The van der Waals surface area contributed by atoms with Gasteiger partial charge in [0.25, 0.3) is 5.91 Å². The van der Waals surface area contributed by atoms with E-state index in [2.05, 4.69) is 4.90 Å². The normalized spacial score (nSPS) is 14.6. The monoisotopic (exact) mass is 420 g/mol. The summed E-state index contributed by atoms with van der Waals surface area (Å²) in [6.07, 6.45) is 0.748. The van der Waals surface area contributed by atoms with Crippen molar-refractivity contribution in [3.05, 3.63) is 107 Å². The predicted octanol–water partition coefficient (Wildman–Crippen LogP) is 4.32. The van der Waals surface area contributed by atoms with Gasteiger partial charge in [-0.25, -0.2) is 8.78 Å². The summed E-state index contributed by atoms with van der Waals surface area (Å²) >= 11 is 0. The number of aldehydes is 1. The van der Waals surface area contributed by atoms with E-state index < -0.39 is 0 Å². The van der Waals surface area contributed by atoms with Gasteiger partial charge in [-0.2, -0.15) is 0 Å². The molecule has 31 heavy (non-hydrogen) atoms. The second-order valence-electron chi connectivity index (χ2n) is 7.57. The molecule has 1 aliphatic rings. The Morgan fingerprint density at radius 2 is 1.23 bits per heavy atom. The molecule has 1 amide bonds. The summed E-state index contributed by atoms with van der Waals surface area (Å²) in [4.78, 5) is 27.7. The van der Waals surface area contributed by atoms with Crippen LogP contribution in [0, 0.1) is 11.6 Å². The number of piperazine rings is 1. The summed E-state index contributed by atoms with van der Waals surface area (Å²) in [6, 6.07) is 19.1. The van der Waals surface area contributed by atoms with Crippen molar-refractivity contribution in [2.24, 2.45) is 0 Å². The first-order valence-electron chi connectivity index (χ1n) is 10.1. The molecule has 0 radical (unpaired) electrons. The van der Waals surface area contributed by atoms with E-state index in [4.69, 9.17) is 0 Å². The van der Waals surface area contributed by atoms with Gasteiger partial charge in [0.1, 0.15) is 17.9 Å². The van der Waals surface area contributed by atoms with Gasteiger partial charge in [-0.05, 0) is 47.5 Å². The number of nitrogens with zero attached hydrogens (tertiary/aromatic N) is 2. The van der Waals surface area contributed by atoms with Crippen molar-refractivity contribution in [1.82, 2.24) is 9.80 Å². The molecule has 0 bridgehead atoms. The SMILES string of the molecule is O=Cc1ccc(C(=O)N2CCN(C(c3ccc(F)cc3)c3ccc(F)cc3)CC2)cc1. The molecule has 0 atom stereocenters. The van der Waals surface area contributed by atoms with Gasteiger partial charge in [0.15, 0.2) is 0 Å². The zero-order valence-electron chi connectivity index (χ0n) is 16.9. The molecule has 3 aromatic rings. The molecule has 4 nitrogen and oxygen atoms in total. The van der Waals surface area contributed by atoms with Gasteiger partial charge in [-0.1, -0.05) is 36.4 Å². The van der Waals surface area contributed by atoms with E-state index in [-0.39, 0.29) is 23.6 Å². The van der Waals surface area contributed by atoms with Crippen molar-refractivity contribution in [2.45, 2.75) is 6.04 Å². The van der Waals surface area contributed by atoms with E-state index in [1.165, 1.54) is 24.3 Å². The number of carbonyl (C=O) groups is 2. The number of hydrogen-bond acceptors (Lipinski definition) is 3. The Kier molecular flexibility index (Phi) is 6.18. The lowest BCUT2D eigenvalue weighted by atomic mass is 9.96. The molecule has 158 valence electrons. The molecule has 0 unspecified atom stereocenters. The molecule has 0 spiro atoms. The number of carbonyl (C=O) groups excluding carboxylic acids is 2. The Bertz CT molecular complexity index is 997. The molecule has 0 aromatic heterocycles. The molecule has 0 aliphatic carbocycles. The van der Waals surface area contributed by atoms with Crippen LogP contribution < -0.4 is 0 Å². The van der Waals surface area contributed by atoms with Crippen LogP contribution >= 0.6 is 0 Å². The quantitative estimate of drug-likeness (QED) is 0.577. The lowest BCUT2D eigenvalue weighted by Crippen LogP contribution is -2.49.